The van der Waals surface area contributed by atoms with E-state index in [9.17, 15) is 4.79 Å². The molecule has 3 aromatic carbocycles. The summed E-state index contributed by atoms with van der Waals surface area (Å²) in [6.45, 7) is 4.03. The van der Waals surface area contributed by atoms with Crippen molar-refractivity contribution in [3.8, 4) is 0 Å². The van der Waals surface area contributed by atoms with Crippen LogP contribution < -0.4 is 10.2 Å². The molecule has 0 bridgehead atoms. The molecule has 1 aliphatic heterocycles. The van der Waals surface area contributed by atoms with Crippen LogP contribution in [-0.4, -0.2) is 44.0 Å². The maximum atomic E-state index is 13.4. The summed E-state index contributed by atoms with van der Waals surface area (Å²) in [5, 5.41) is 5.79. The van der Waals surface area contributed by atoms with E-state index < -0.39 is 0 Å². The molecular weight excluding hydrogens is 450 g/mol. The molecule has 1 heterocycles. The van der Waals surface area contributed by atoms with Crippen molar-refractivity contribution in [2.75, 3.05) is 32.1 Å². The predicted octanol–water partition coefficient (Wildman–Crippen LogP) is 5.08. The zero-order chi connectivity index (χ0) is 21.8. The van der Waals surface area contributed by atoms with Crippen molar-refractivity contribution in [3.63, 3.8) is 0 Å². The summed E-state index contributed by atoms with van der Waals surface area (Å²) >= 11 is 3.67. The first-order chi connectivity index (χ1) is 14.9. The Balaban J connectivity index is 1.41. The van der Waals surface area contributed by atoms with Crippen LogP contribution in [-0.2, 0) is 5.54 Å². The highest BCUT2D eigenvalue weighted by Gasteiger charge is 2.47. The summed E-state index contributed by atoms with van der Waals surface area (Å²) in [6.07, 6.45) is 1.94. The molecule has 2 fully saturated rings. The Hall–Kier alpha value is -2.37. The molecule has 0 atom stereocenters. The standard InChI is InChI=1S/C26H28BrN3O/c1-17-8-9-18(30-15-19(16-30)29(2)3)14-22(17)25(31)28-26(12-13-26)23-10-11-24(27)21-7-5-4-6-20(21)23/h4-11,14,19H,12-13,15-16H2,1-3H3,(H,28,31). The van der Waals surface area contributed by atoms with Gasteiger partial charge >= 0.3 is 0 Å². The molecule has 2 aliphatic rings. The van der Waals surface area contributed by atoms with E-state index >= 15 is 0 Å². The first-order valence-corrected chi connectivity index (χ1v) is 11.7. The van der Waals surface area contributed by atoms with Crippen LogP contribution in [0.1, 0.15) is 34.3 Å². The van der Waals surface area contributed by atoms with E-state index in [0.29, 0.717) is 6.04 Å². The molecule has 1 N–H and O–H groups in total. The zero-order valence-electron chi connectivity index (χ0n) is 18.3. The molecule has 3 aromatic rings. The van der Waals surface area contributed by atoms with Crippen molar-refractivity contribution in [1.82, 2.24) is 10.2 Å². The Morgan fingerprint density at radius 3 is 2.45 bits per heavy atom. The third-order valence-corrected chi connectivity index (χ3v) is 7.60. The fraction of sp³-hybridized carbons (Fsp3) is 0.346. The van der Waals surface area contributed by atoms with Gasteiger partial charge in [-0.15, -0.1) is 0 Å². The topological polar surface area (TPSA) is 35.6 Å². The quantitative estimate of drug-likeness (QED) is 0.556. The van der Waals surface area contributed by atoms with Crippen LogP contribution in [0.3, 0.4) is 0 Å². The largest absolute Gasteiger partial charge is 0.368 e. The van der Waals surface area contributed by atoms with Gasteiger partial charge in [0.2, 0.25) is 0 Å². The van der Waals surface area contributed by atoms with Crippen LogP contribution in [0.25, 0.3) is 10.8 Å². The fourth-order valence-corrected chi connectivity index (χ4v) is 5.07. The number of likely N-dealkylation sites (N-methyl/N-ethyl adjacent to an activating group) is 1. The van der Waals surface area contributed by atoms with Crippen LogP contribution in [0.4, 0.5) is 5.69 Å². The highest BCUT2D eigenvalue weighted by Crippen LogP contribution is 2.49. The van der Waals surface area contributed by atoms with Crippen molar-refractivity contribution < 1.29 is 4.79 Å². The summed E-state index contributed by atoms with van der Waals surface area (Å²) in [6, 6.07) is 19.5. The highest BCUT2D eigenvalue weighted by molar-refractivity contribution is 9.10. The molecule has 31 heavy (non-hydrogen) atoms. The van der Waals surface area contributed by atoms with Crippen molar-refractivity contribution in [2.45, 2.75) is 31.3 Å². The van der Waals surface area contributed by atoms with E-state index in [2.05, 4.69) is 99.7 Å². The zero-order valence-corrected chi connectivity index (χ0v) is 19.9. The molecular formula is C26H28BrN3O. The number of fused-ring (bicyclic) bond motifs is 1. The molecule has 5 rings (SSSR count). The second kappa shape index (κ2) is 7.64. The number of benzene rings is 3. The molecule has 1 aliphatic carbocycles. The second-order valence-corrected chi connectivity index (χ2v) is 10.1. The predicted molar refractivity (Wildman–Crippen MR) is 131 cm³/mol. The number of rotatable bonds is 5. The lowest BCUT2D eigenvalue weighted by Crippen LogP contribution is -2.57. The number of aryl methyl sites for hydroxylation is 1. The Kier molecular flexibility index (Phi) is 5.06. The van der Waals surface area contributed by atoms with Gasteiger partial charge in [0.05, 0.1) is 5.54 Å². The van der Waals surface area contributed by atoms with Crippen molar-refractivity contribution in [2.24, 2.45) is 0 Å². The second-order valence-electron chi connectivity index (χ2n) is 9.20. The molecule has 0 aromatic heterocycles. The lowest BCUT2D eigenvalue weighted by Gasteiger charge is -2.44. The van der Waals surface area contributed by atoms with Gasteiger partial charge in [-0.3, -0.25) is 4.79 Å². The van der Waals surface area contributed by atoms with Gasteiger partial charge < -0.3 is 15.1 Å². The summed E-state index contributed by atoms with van der Waals surface area (Å²) in [5.74, 6) is 0.0218. The lowest BCUT2D eigenvalue weighted by molar-refractivity contribution is 0.0930. The van der Waals surface area contributed by atoms with Crippen molar-refractivity contribution in [1.29, 1.82) is 0 Å². The average Bonchev–Trinajstić information content (AvgIpc) is 3.48. The molecule has 160 valence electrons. The van der Waals surface area contributed by atoms with E-state index in [1.165, 1.54) is 16.3 Å². The summed E-state index contributed by atoms with van der Waals surface area (Å²) in [4.78, 5) is 18.0. The molecule has 1 saturated heterocycles. The summed E-state index contributed by atoms with van der Waals surface area (Å²) in [7, 11) is 4.24. The molecule has 1 saturated carbocycles. The van der Waals surface area contributed by atoms with Crippen molar-refractivity contribution >= 4 is 38.3 Å². The van der Waals surface area contributed by atoms with Gasteiger partial charge in [-0.1, -0.05) is 52.3 Å². The molecule has 4 nitrogen and oxygen atoms in total. The van der Waals surface area contributed by atoms with Gasteiger partial charge in [0.1, 0.15) is 0 Å². The van der Waals surface area contributed by atoms with E-state index in [-0.39, 0.29) is 11.4 Å². The van der Waals surface area contributed by atoms with Gasteiger partial charge in [0.25, 0.3) is 5.91 Å². The monoisotopic (exact) mass is 477 g/mol. The maximum absolute atomic E-state index is 13.4. The van der Waals surface area contributed by atoms with Gasteiger partial charge in [-0.05, 0) is 74.0 Å². The van der Waals surface area contributed by atoms with E-state index in [0.717, 1.165) is 47.2 Å². The number of hydrogen-bond donors (Lipinski definition) is 1. The average molecular weight is 478 g/mol. The SMILES string of the molecule is Cc1ccc(N2CC(N(C)C)C2)cc1C(=O)NC1(c2ccc(Br)c3ccccc23)CC1. The number of amides is 1. The first-order valence-electron chi connectivity index (χ1n) is 10.9. The van der Waals surface area contributed by atoms with Crippen LogP contribution in [0.2, 0.25) is 0 Å². The number of nitrogens with zero attached hydrogens (tertiary/aromatic N) is 2. The lowest BCUT2D eigenvalue weighted by atomic mass is 9.96. The highest BCUT2D eigenvalue weighted by atomic mass is 79.9. The molecule has 5 heteroatoms. The molecule has 0 unspecified atom stereocenters. The summed E-state index contributed by atoms with van der Waals surface area (Å²) < 4.78 is 1.09. The third-order valence-electron chi connectivity index (χ3n) is 6.91. The molecule has 0 spiro atoms. The Labute approximate surface area is 192 Å². The Bertz CT molecular complexity index is 1160. The number of carbonyl (C=O) groups excluding carboxylic acids is 1. The smallest absolute Gasteiger partial charge is 0.252 e. The normalized spacial score (nSPS) is 17.6. The number of halogens is 1. The van der Waals surface area contributed by atoms with Gasteiger partial charge in [0, 0.05) is 34.9 Å². The van der Waals surface area contributed by atoms with Crippen LogP contribution >= 0.6 is 15.9 Å². The Morgan fingerprint density at radius 1 is 1.06 bits per heavy atom. The minimum atomic E-state index is -0.271. The van der Waals surface area contributed by atoms with Crippen molar-refractivity contribution in [3.05, 3.63) is 75.8 Å². The number of nitrogens with one attached hydrogen (secondary N) is 1. The fourth-order valence-electron chi connectivity index (χ4n) is 4.59. The van der Waals surface area contributed by atoms with E-state index in [4.69, 9.17) is 0 Å². The number of hydrogen-bond acceptors (Lipinski definition) is 3. The van der Waals surface area contributed by atoms with Gasteiger partial charge in [0.15, 0.2) is 0 Å². The number of carbonyl (C=O) groups is 1. The Morgan fingerprint density at radius 2 is 1.77 bits per heavy atom. The van der Waals surface area contributed by atoms with Gasteiger partial charge in [-0.25, -0.2) is 0 Å². The maximum Gasteiger partial charge on any atom is 0.252 e. The molecule has 0 radical (unpaired) electrons. The van der Waals surface area contributed by atoms with E-state index in [1.807, 2.05) is 6.92 Å². The minimum Gasteiger partial charge on any atom is -0.368 e. The molecule has 1 amide bonds. The summed E-state index contributed by atoms with van der Waals surface area (Å²) in [5.41, 5.74) is 3.87. The van der Waals surface area contributed by atoms with E-state index in [1.54, 1.807) is 0 Å². The van der Waals surface area contributed by atoms with Gasteiger partial charge in [-0.2, -0.15) is 0 Å². The van der Waals surface area contributed by atoms with Crippen LogP contribution in [0.15, 0.2) is 59.1 Å². The third kappa shape index (κ3) is 3.64. The number of anilines is 1. The minimum absolute atomic E-state index is 0.0218. The van der Waals surface area contributed by atoms with Crippen LogP contribution in [0.5, 0.6) is 0 Å². The first kappa shape index (κ1) is 20.5. The van der Waals surface area contributed by atoms with Crippen LogP contribution in [0, 0.1) is 6.92 Å².